The molecule has 1 aliphatic carbocycles. The highest BCUT2D eigenvalue weighted by molar-refractivity contribution is 7.88. The number of hydrogen-bond donors (Lipinski definition) is 2. The Bertz CT molecular complexity index is 195. The van der Waals surface area contributed by atoms with Gasteiger partial charge in [-0.1, -0.05) is 12.8 Å². The fourth-order valence-electron chi connectivity index (χ4n) is 0.957. The van der Waals surface area contributed by atoms with Crippen LogP contribution in [0.3, 0.4) is 0 Å². The first-order valence-corrected chi connectivity index (χ1v) is 5.99. The number of rotatable bonds is 1. The molecule has 0 aromatic rings. The highest BCUT2D eigenvalue weighted by Crippen LogP contribution is 2.14. The predicted octanol–water partition coefficient (Wildman–Crippen LogP) is 0.0531. The summed E-state index contributed by atoms with van der Waals surface area (Å²) in [6, 6.07) is 0.546. The maximum atomic E-state index is 9.89. The highest BCUT2D eigenvalue weighted by Gasteiger charge is 2.07. The minimum atomic E-state index is -2.91. The first kappa shape index (κ1) is 11.9. The Morgan fingerprint density at radius 2 is 1.67 bits per heavy atom. The van der Waals surface area contributed by atoms with Gasteiger partial charge < -0.3 is 5.73 Å². The molecule has 0 bridgehead atoms. The molecule has 0 aromatic carbocycles. The molecule has 0 aromatic heterocycles. The van der Waals surface area contributed by atoms with Crippen LogP contribution in [0, 0.1) is 0 Å². The smallest absolute Gasteiger partial charge is 0.208 e. The highest BCUT2D eigenvalue weighted by atomic mass is 32.2. The molecular formula is C7H18N2O2S. The van der Waals surface area contributed by atoms with Crippen LogP contribution < -0.4 is 10.5 Å². The minimum Gasteiger partial charge on any atom is -0.328 e. The third-order valence-electron chi connectivity index (χ3n) is 1.77. The average molecular weight is 194 g/mol. The summed E-state index contributed by atoms with van der Waals surface area (Å²) >= 11 is 0. The van der Waals surface area contributed by atoms with Crippen LogP contribution in [0.15, 0.2) is 0 Å². The van der Waals surface area contributed by atoms with Crippen molar-refractivity contribution in [1.82, 2.24) is 4.72 Å². The average Bonchev–Trinajstić information content (AvgIpc) is 2.39. The van der Waals surface area contributed by atoms with Crippen LogP contribution in [0.25, 0.3) is 0 Å². The quantitative estimate of drug-likeness (QED) is 0.619. The topological polar surface area (TPSA) is 72.2 Å². The van der Waals surface area contributed by atoms with Crippen LogP contribution in [0.1, 0.15) is 25.7 Å². The third kappa shape index (κ3) is 7.97. The molecular weight excluding hydrogens is 176 g/mol. The van der Waals surface area contributed by atoms with Crippen LogP contribution in [0.2, 0.25) is 0 Å². The van der Waals surface area contributed by atoms with E-state index in [9.17, 15) is 8.42 Å². The lowest BCUT2D eigenvalue weighted by molar-refractivity contribution is 0.594. The second-order valence-electron chi connectivity index (χ2n) is 3.02. The standard InChI is InChI=1S/C5H11N.C2H7NO2S/c6-5-3-1-2-4-5;1-3-6(2,4)5/h5H,1-4,6H2;3H,1-2H3. The van der Waals surface area contributed by atoms with Crippen molar-refractivity contribution in [2.45, 2.75) is 31.7 Å². The SMILES string of the molecule is CNS(C)(=O)=O.NC1CCCC1. The lowest BCUT2D eigenvalue weighted by Gasteiger charge is -1.92. The zero-order chi connectivity index (χ0) is 9.61. The van der Waals surface area contributed by atoms with E-state index in [1.807, 2.05) is 0 Å². The second-order valence-corrected chi connectivity index (χ2v) is 4.97. The molecule has 0 aliphatic heterocycles. The van der Waals surface area contributed by atoms with Crippen LogP contribution in [0.5, 0.6) is 0 Å². The third-order valence-corrected chi connectivity index (χ3v) is 2.51. The Morgan fingerprint density at radius 1 is 1.33 bits per heavy atom. The van der Waals surface area contributed by atoms with E-state index >= 15 is 0 Å². The van der Waals surface area contributed by atoms with Crippen molar-refractivity contribution < 1.29 is 8.42 Å². The molecule has 0 atom stereocenters. The van der Waals surface area contributed by atoms with E-state index in [2.05, 4.69) is 4.72 Å². The molecule has 1 fully saturated rings. The zero-order valence-corrected chi connectivity index (χ0v) is 8.52. The van der Waals surface area contributed by atoms with Crippen molar-refractivity contribution in [3.8, 4) is 0 Å². The normalized spacial score (nSPS) is 18.6. The Labute approximate surface area is 74.6 Å². The largest absolute Gasteiger partial charge is 0.328 e. The summed E-state index contributed by atoms with van der Waals surface area (Å²) in [7, 11) is -1.54. The Morgan fingerprint density at radius 3 is 1.75 bits per heavy atom. The molecule has 74 valence electrons. The van der Waals surface area contributed by atoms with E-state index in [1.165, 1.54) is 32.7 Å². The number of nitrogens with two attached hydrogens (primary N) is 1. The van der Waals surface area contributed by atoms with Gasteiger partial charge in [0.1, 0.15) is 0 Å². The molecule has 0 amide bonds. The first-order valence-electron chi connectivity index (χ1n) is 4.10. The number of hydrogen-bond acceptors (Lipinski definition) is 3. The van der Waals surface area contributed by atoms with Gasteiger partial charge in [0.25, 0.3) is 0 Å². The summed E-state index contributed by atoms with van der Waals surface area (Å²) in [6.07, 6.45) is 6.36. The fraction of sp³-hybridized carbons (Fsp3) is 1.00. The molecule has 0 saturated heterocycles. The number of sulfonamides is 1. The molecule has 12 heavy (non-hydrogen) atoms. The summed E-state index contributed by atoms with van der Waals surface area (Å²) in [6.45, 7) is 0. The first-order chi connectivity index (χ1) is 5.45. The maximum absolute atomic E-state index is 9.89. The molecule has 0 heterocycles. The maximum Gasteiger partial charge on any atom is 0.208 e. The van der Waals surface area contributed by atoms with Gasteiger partial charge in [-0.15, -0.1) is 0 Å². The summed E-state index contributed by atoms with van der Waals surface area (Å²) in [4.78, 5) is 0. The monoisotopic (exact) mass is 194 g/mol. The van der Waals surface area contributed by atoms with E-state index in [0.29, 0.717) is 6.04 Å². The summed E-state index contributed by atoms with van der Waals surface area (Å²) in [5, 5.41) is 0. The van der Waals surface area contributed by atoms with Crippen molar-refractivity contribution in [3.05, 3.63) is 0 Å². The minimum absolute atomic E-state index is 0.546. The summed E-state index contributed by atoms with van der Waals surface area (Å²) in [5.41, 5.74) is 5.53. The van der Waals surface area contributed by atoms with Crippen LogP contribution >= 0.6 is 0 Å². The molecule has 1 aliphatic rings. The van der Waals surface area contributed by atoms with Crippen molar-refractivity contribution in [1.29, 1.82) is 0 Å². The van der Waals surface area contributed by atoms with Gasteiger partial charge in [0.2, 0.25) is 10.0 Å². The van der Waals surface area contributed by atoms with Crippen LogP contribution in [-0.4, -0.2) is 27.8 Å². The Hall–Kier alpha value is -0.130. The van der Waals surface area contributed by atoms with Crippen molar-refractivity contribution in [2.75, 3.05) is 13.3 Å². The van der Waals surface area contributed by atoms with Gasteiger partial charge in [-0.2, -0.15) is 0 Å². The van der Waals surface area contributed by atoms with E-state index in [4.69, 9.17) is 5.73 Å². The number of nitrogens with one attached hydrogen (secondary N) is 1. The van der Waals surface area contributed by atoms with Gasteiger partial charge in [0.05, 0.1) is 6.26 Å². The van der Waals surface area contributed by atoms with E-state index in [-0.39, 0.29) is 0 Å². The van der Waals surface area contributed by atoms with E-state index in [0.717, 1.165) is 6.26 Å². The fourth-order valence-corrected chi connectivity index (χ4v) is 0.957. The van der Waals surface area contributed by atoms with Gasteiger partial charge in [-0.3, -0.25) is 0 Å². The zero-order valence-electron chi connectivity index (χ0n) is 7.71. The Kier molecular flexibility index (Phi) is 5.44. The molecule has 1 saturated carbocycles. The van der Waals surface area contributed by atoms with Crippen LogP contribution in [0.4, 0.5) is 0 Å². The van der Waals surface area contributed by atoms with Crippen molar-refractivity contribution >= 4 is 10.0 Å². The molecule has 0 radical (unpaired) electrons. The van der Waals surface area contributed by atoms with Crippen molar-refractivity contribution in [2.24, 2.45) is 5.73 Å². The lowest BCUT2D eigenvalue weighted by Crippen LogP contribution is -2.15. The van der Waals surface area contributed by atoms with Gasteiger partial charge >= 0.3 is 0 Å². The van der Waals surface area contributed by atoms with Gasteiger partial charge in [-0.25, -0.2) is 13.1 Å². The Balaban J connectivity index is 0.000000202. The second kappa shape index (κ2) is 5.50. The van der Waals surface area contributed by atoms with Gasteiger partial charge in [0, 0.05) is 6.04 Å². The van der Waals surface area contributed by atoms with E-state index in [1.54, 1.807) is 0 Å². The summed E-state index contributed by atoms with van der Waals surface area (Å²) < 4.78 is 21.9. The van der Waals surface area contributed by atoms with Gasteiger partial charge in [-0.05, 0) is 19.9 Å². The van der Waals surface area contributed by atoms with E-state index < -0.39 is 10.0 Å². The molecule has 0 spiro atoms. The molecule has 0 unspecified atom stereocenters. The molecule has 3 N–H and O–H groups in total. The molecule has 5 heteroatoms. The van der Waals surface area contributed by atoms with Crippen LogP contribution in [-0.2, 0) is 10.0 Å². The molecule has 4 nitrogen and oxygen atoms in total. The molecule has 1 rings (SSSR count). The lowest BCUT2D eigenvalue weighted by atomic mass is 10.3. The van der Waals surface area contributed by atoms with Gasteiger partial charge in [0.15, 0.2) is 0 Å². The predicted molar refractivity (Wildman–Crippen MR) is 50.3 cm³/mol. The van der Waals surface area contributed by atoms with Crippen molar-refractivity contribution in [3.63, 3.8) is 0 Å². The summed E-state index contributed by atoms with van der Waals surface area (Å²) in [5.74, 6) is 0.